The molecule has 2 aromatic carbocycles. The third kappa shape index (κ3) is 4.26. The average molecular weight is 381 g/mol. The topological polar surface area (TPSA) is 88.7 Å². The normalized spacial score (nSPS) is 17.8. The lowest BCUT2D eigenvalue weighted by atomic mass is 10.1. The molecule has 146 valence electrons. The SMILES string of the molecule is O=C(CC1CCCN1)Nc1ccccc1C(=O)Nc1ccc2c(c1)OCCO2. The van der Waals surface area contributed by atoms with E-state index in [2.05, 4.69) is 16.0 Å². The molecule has 0 radical (unpaired) electrons. The van der Waals surface area contributed by atoms with Gasteiger partial charge in [-0.1, -0.05) is 12.1 Å². The van der Waals surface area contributed by atoms with Crippen LogP contribution in [0.4, 0.5) is 11.4 Å². The molecule has 1 saturated heterocycles. The zero-order valence-electron chi connectivity index (χ0n) is 15.5. The third-order valence-electron chi connectivity index (χ3n) is 4.84. The van der Waals surface area contributed by atoms with Crippen molar-refractivity contribution in [3.63, 3.8) is 0 Å². The molecule has 7 heteroatoms. The van der Waals surface area contributed by atoms with Crippen molar-refractivity contribution in [2.45, 2.75) is 25.3 Å². The molecule has 0 saturated carbocycles. The lowest BCUT2D eigenvalue weighted by Gasteiger charge is -2.19. The Morgan fingerprint density at radius 3 is 2.68 bits per heavy atom. The Bertz CT molecular complexity index is 878. The lowest BCUT2D eigenvalue weighted by Crippen LogP contribution is -2.28. The number of anilines is 2. The molecule has 0 bridgehead atoms. The maximum absolute atomic E-state index is 12.8. The van der Waals surface area contributed by atoms with Crippen LogP contribution < -0.4 is 25.4 Å². The molecule has 1 unspecified atom stereocenters. The van der Waals surface area contributed by atoms with Gasteiger partial charge in [0.2, 0.25) is 5.91 Å². The first kappa shape index (κ1) is 18.3. The van der Waals surface area contributed by atoms with Crippen molar-refractivity contribution in [3.05, 3.63) is 48.0 Å². The van der Waals surface area contributed by atoms with Crippen LogP contribution in [0.1, 0.15) is 29.6 Å². The van der Waals surface area contributed by atoms with E-state index < -0.39 is 0 Å². The van der Waals surface area contributed by atoms with Crippen molar-refractivity contribution >= 4 is 23.2 Å². The van der Waals surface area contributed by atoms with Crippen molar-refractivity contribution in [2.75, 3.05) is 30.4 Å². The van der Waals surface area contributed by atoms with E-state index in [1.165, 1.54) is 0 Å². The quantitative estimate of drug-likeness (QED) is 0.741. The molecule has 1 fully saturated rings. The molecule has 7 nitrogen and oxygen atoms in total. The summed E-state index contributed by atoms with van der Waals surface area (Å²) in [7, 11) is 0. The first-order valence-corrected chi connectivity index (χ1v) is 9.52. The summed E-state index contributed by atoms with van der Waals surface area (Å²) in [6.07, 6.45) is 2.49. The minimum Gasteiger partial charge on any atom is -0.486 e. The number of fused-ring (bicyclic) bond motifs is 1. The van der Waals surface area contributed by atoms with Gasteiger partial charge in [0.1, 0.15) is 13.2 Å². The summed E-state index contributed by atoms with van der Waals surface area (Å²) in [6, 6.07) is 12.5. The highest BCUT2D eigenvalue weighted by Gasteiger charge is 2.20. The molecule has 28 heavy (non-hydrogen) atoms. The Hall–Kier alpha value is -3.06. The molecule has 0 spiro atoms. The van der Waals surface area contributed by atoms with Gasteiger partial charge in [-0.15, -0.1) is 0 Å². The van der Waals surface area contributed by atoms with Crippen LogP contribution in [0.15, 0.2) is 42.5 Å². The van der Waals surface area contributed by atoms with E-state index in [9.17, 15) is 9.59 Å². The number of hydrogen-bond donors (Lipinski definition) is 3. The van der Waals surface area contributed by atoms with Crippen LogP contribution in [-0.4, -0.2) is 37.6 Å². The average Bonchev–Trinajstić information content (AvgIpc) is 3.21. The number of carbonyl (C=O) groups excluding carboxylic acids is 2. The minimum atomic E-state index is -0.299. The van der Waals surface area contributed by atoms with E-state index >= 15 is 0 Å². The highest BCUT2D eigenvalue weighted by molar-refractivity contribution is 6.10. The first-order valence-electron chi connectivity index (χ1n) is 9.52. The predicted molar refractivity (Wildman–Crippen MR) is 106 cm³/mol. The monoisotopic (exact) mass is 381 g/mol. The molecule has 2 aromatic rings. The van der Waals surface area contributed by atoms with Gasteiger partial charge in [-0.3, -0.25) is 9.59 Å². The number of hydrogen-bond acceptors (Lipinski definition) is 5. The van der Waals surface area contributed by atoms with Crippen LogP contribution in [0.5, 0.6) is 11.5 Å². The number of ether oxygens (including phenoxy) is 2. The number of amides is 2. The smallest absolute Gasteiger partial charge is 0.257 e. The van der Waals surface area contributed by atoms with Crippen molar-refractivity contribution < 1.29 is 19.1 Å². The molecule has 3 N–H and O–H groups in total. The lowest BCUT2D eigenvalue weighted by molar-refractivity contribution is -0.116. The molecule has 0 aromatic heterocycles. The second-order valence-corrected chi connectivity index (χ2v) is 6.90. The summed E-state index contributed by atoms with van der Waals surface area (Å²) in [4.78, 5) is 25.1. The minimum absolute atomic E-state index is 0.0982. The van der Waals surface area contributed by atoms with Crippen molar-refractivity contribution in [1.29, 1.82) is 0 Å². The van der Waals surface area contributed by atoms with E-state index in [1.54, 1.807) is 42.5 Å². The summed E-state index contributed by atoms with van der Waals surface area (Å²) < 4.78 is 11.0. The predicted octanol–water partition coefficient (Wildman–Crippen LogP) is 2.79. The molecule has 0 aliphatic carbocycles. The molecule has 2 aliphatic heterocycles. The fourth-order valence-electron chi connectivity index (χ4n) is 3.47. The molecular weight excluding hydrogens is 358 g/mol. The fourth-order valence-corrected chi connectivity index (χ4v) is 3.47. The summed E-state index contributed by atoms with van der Waals surface area (Å²) in [5.74, 6) is 0.873. The van der Waals surface area contributed by atoms with Gasteiger partial charge in [0.05, 0.1) is 11.3 Å². The van der Waals surface area contributed by atoms with Gasteiger partial charge in [0, 0.05) is 24.2 Å². The molecule has 2 aliphatic rings. The van der Waals surface area contributed by atoms with E-state index in [1.807, 2.05) is 0 Å². The standard InChI is InChI=1S/C21H23N3O4/c25-20(13-14-4-3-9-22-14)24-17-6-2-1-5-16(17)21(26)23-15-7-8-18-19(12-15)28-11-10-27-18/h1-2,5-8,12,14,22H,3-4,9-11,13H2,(H,23,26)(H,24,25). The second-order valence-electron chi connectivity index (χ2n) is 6.90. The van der Waals surface area contributed by atoms with E-state index in [4.69, 9.17) is 9.47 Å². The molecular formula is C21H23N3O4. The Morgan fingerprint density at radius 2 is 1.86 bits per heavy atom. The molecule has 1 atom stereocenters. The van der Waals surface area contributed by atoms with Gasteiger partial charge in [-0.05, 0) is 43.7 Å². The number of benzene rings is 2. The summed E-state index contributed by atoms with van der Waals surface area (Å²) in [5, 5.41) is 9.03. The van der Waals surface area contributed by atoms with Gasteiger partial charge in [0.15, 0.2) is 11.5 Å². The largest absolute Gasteiger partial charge is 0.486 e. The van der Waals surface area contributed by atoms with E-state index in [0.717, 1.165) is 19.4 Å². The van der Waals surface area contributed by atoms with Gasteiger partial charge >= 0.3 is 0 Å². The van der Waals surface area contributed by atoms with Crippen LogP contribution in [0.25, 0.3) is 0 Å². The maximum Gasteiger partial charge on any atom is 0.257 e. The molecule has 4 rings (SSSR count). The van der Waals surface area contributed by atoms with Crippen LogP contribution in [0.3, 0.4) is 0 Å². The summed E-state index contributed by atoms with van der Waals surface area (Å²) in [5.41, 5.74) is 1.51. The number of nitrogens with one attached hydrogen (secondary N) is 3. The Balaban J connectivity index is 1.45. The highest BCUT2D eigenvalue weighted by Crippen LogP contribution is 2.33. The van der Waals surface area contributed by atoms with Crippen molar-refractivity contribution in [1.82, 2.24) is 5.32 Å². The van der Waals surface area contributed by atoms with Crippen molar-refractivity contribution in [3.8, 4) is 11.5 Å². The third-order valence-corrected chi connectivity index (χ3v) is 4.84. The Morgan fingerprint density at radius 1 is 1.04 bits per heavy atom. The Kier molecular flexibility index (Phi) is 5.43. The van der Waals surface area contributed by atoms with Gasteiger partial charge in [-0.2, -0.15) is 0 Å². The summed E-state index contributed by atoms with van der Waals surface area (Å²) >= 11 is 0. The van der Waals surface area contributed by atoms with Crippen LogP contribution in [-0.2, 0) is 4.79 Å². The number of para-hydroxylation sites is 1. The Labute approximate surface area is 163 Å². The van der Waals surface area contributed by atoms with E-state index in [-0.39, 0.29) is 17.9 Å². The van der Waals surface area contributed by atoms with Crippen molar-refractivity contribution in [2.24, 2.45) is 0 Å². The maximum atomic E-state index is 12.8. The van der Waals surface area contributed by atoms with Gasteiger partial charge < -0.3 is 25.4 Å². The van der Waals surface area contributed by atoms with Gasteiger partial charge in [-0.25, -0.2) is 0 Å². The first-order chi connectivity index (χ1) is 13.7. The number of carbonyl (C=O) groups is 2. The zero-order valence-corrected chi connectivity index (χ0v) is 15.5. The van der Waals surface area contributed by atoms with Crippen LogP contribution >= 0.6 is 0 Å². The van der Waals surface area contributed by atoms with Crippen LogP contribution in [0.2, 0.25) is 0 Å². The van der Waals surface area contributed by atoms with E-state index in [0.29, 0.717) is 48.1 Å². The highest BCUT2D eigenvalue weighted by atomic mass is 16.6. The molecule has 2 amide bonds. The second kappa shape index (κ2) is 8.31. The van der Waals surface area contributed by atoms with Crippen LogP contribution in [0, 0.1) is 0 Å². The number of rotatable bonds is 5. The van der Waals surface area contributed by atoms with Gasteiger partial charge in [0.25, 0.3) is 5.91 Å². The zero-order chi connectivity index (χ0) is 19.3. The fraction of sp³-hybridized carbons (Fsp3) is 0.333. The summed E-state index contributed by atoms with van der Waals surface area (Å²) in [6.45, 7) is 1.95. The molecule has 2 heterocycles.